The van der Waals surface area contributed by atoms with E-state index in [4.69, 9.17) is 5.73 Å². The number of nitrogens with zero attached hydrogens (tertiary/aromatic N) is 2. The van der Waals surface area contributed by atoms with Gasteiger partial charge >= 0.3 is 6.03 Å². The van der Waals surface area contributed by atoms with Crippen LogP contribution in [0.1, 0.15) is 27.9 Å². The van der Waals surface area contributed by atoms with Gasteiger partial charge in [0, 0.05) is 43.5 Å². The normalized spacial score (nSPS) is 19.7. The van der Waals surface area contributed by atoms with Gasteiger partial charge in [-0.2, -0.15) is 0 Å². The Kier molecular flexibility index (Phi) is 5.30. The van der Waals surface area contributed by atoms with Gasteiger partial charge in [0.05, 0.1) is 0 Å². The van der Waals surface area contributed by atoms with Crippen molar-refractivity contribution in [1.82, 2.24) is 9.80 Å². The molecule has 1 fully saturated rings. The summed E-state index contributed by atoms with van der Waals surface area (Å²) in [6.45, 7) is 3.20. The van der Waals surface area contributed by atoms with Gasteiger partial charge in [-0.15, -0.1) is 0 Å². The Labute approximate surface area is 165 Å². The predicted octanol–water partition coefficient (Wildman–Crippen LogP) is 2.49. The molecule has 0 spiro atoms. The van der Waals surface area contributed by atoms with Crippen LogP contribution in [-0.2, 0) is 12.8 Å². The van der Waals surface area contributed by atoms with Crippen molar-refractivity contribution >= 4 is 17.6 Å². The maximum atomic E-state index is 12.6. The Morgan fingerprint density at radius 2 is 1.71 bits per heavy atom. The Morgan fingerprint density at radius 1 is 0.964 bits per heavy atom. The summed E-state index contributed by atoms with van der Waals surface area (Å²) < 4.78 is 0. The Balaban J connectivity index is 1.31. The molecule has 0 aromatic heterocycles. The summed E-state index contributed by atoms with van der Waals surface area (Å²) >= 11 is 0. The number of aryl methyl sites for hydroxylation is 1. The number of nitrogens with two attached hydrogens (primary N) is 1. The maximum Gasteiger partial charge on any atom is 0.321 e. The molecule has 0 bridgehead atoms. The average molecular weight is 378 g/mol. The van der Waals surface area contributed by atoms with E-state index in [1.165, 1.54) is 17.5 Å². The second-order valence-electron chi connectivity index (χ2n) is 7.56. The van der Waals surface area contributed by atoms with Crippen LogP contribution in [0, 0.1) is 0 Å². The number of hydrogen-bond acceptors (Lipinski definition) is 3. The van der Waals surface area contributed by atoms with E-state index < -0.39 is 5.91 Å². The third-order valence-corrected chi connectivity index (χ3v) is 5.84. The van der Waals surface area contributed by atoms with E-state index in [2.05, 4.69) is 34.5 Å². The standard InChI is InChI=1S/C22H26N4O2/c23-21(27)18-6-3-7-19(14-18)24-22(28)26-12-10-25(11-13-26)20-9-8-16-4-1-2-5-17(16)15-20/h1-7,14,20H,8-13,15H2,(H2,23,27)(H,24,28)/t20-/m1/s1. The van der Waals surface area contributed by atoms with Crippen molar-refractivity contribution in [3.8, 4) is 0 Å². The molecule has 6 heteroatoms. The van der Waals surface area contributed by atoms with Crippen molar-refractivity contribution in [3.05, 3.63) is 65.2 Å². The maximum absolute atomic E-state index is 12.6. The number of anilines is 1. The fourth-order valence-electron chi connectivity index (χ4n) is 4.23. The number of primary amides is 1. The highest BCUT2D eigenvalue weighted by atomic mass is 16.2. The van der Waals surface area contributed by atoms with Crippen molar-refractivity contribution in [1.29, 1.82) is 0 Å². The van der Waals surface area contributed by atoms with Crippen LogP contribution >= 0.6 is 0 Å². The van der Waals surface area contributed by atoms with E-state index in [-0.39, 0.29) is 6.03 Å². The second kappa shape index (κ2) is 8.02. The average Bonchev–Trinajstić information content (AvgIpc) is 2.73. The fourth-order valence-corrected chi connectivity index (χ4v) is 4.23. The third-order valence-electron chi connectivity index (χ3n) is 5.84. The van der Waals surface area contributed by atoms with E-state index in [1.807, 2.05) is 4.90 Å². The first kappa shape index (κ1) is 18.5. The van der Waals surface area contributed by atoms with Crippen molar-refractivity contribution < 1.29 is 9.59 Å². The smallest absolute Gasteiger partial charge is 0.321 e. The van der Waals surface area contributed by atoms with Gasteiger partial charge in [-0.1, -0.05) is 30.3 Å². The molecule has 6 nitrogen and oxygen atoms in total. The summed E-state index contributed by atoms with van der Waals surface area (Å²) in [5, 5.41) is 2.87. The van der Waals surface area contributed by atoms with Gasteiger partial charge in [0.25, 0.3) is 0 Å². The summed E-state index contributed by atoms with van der Waals surface area (Å²) in [7, 11) is 0. The van der Waals surface area contributed by atoms with Crippen molar-refractivity contribution in [2.45, 2.75) is 25.3 Å². The first-order chi connectivity index (χ1) is 13.6. The van der Waals surface area contributed by atoms with E-state index >= 15 is 0 Å². The van der Waals surface area contributed by atoms with Gasteiger partial charge < -0.3 is 16.0 Å². The lowest BCUT2D eigenvalue weighted by molar-refractivity contribution is 0.1000. The van der Waals surface area contributed by atoms with Crippen LogP contribution in [0.15, 0.2) is 48.5 Å². The molecule has 146 valence electrons. The molecule has 2 aliphatic rings. The molecule has 2 aromatic carbocycles. The number of amides is 3. The van der Waals surface area contributed by atoms with Crippen molar-refractivity contribution in [2.75, 3.05) is 31.5 Å². The Morgan fingerprint density at radius 3 is 2.46 bits per heavy atom. The zero-order valence-electron chi connectivity index (χ0n) is 15.9. The van der Waals surface area contributed by atoms with Gasteiger partial charge in [0.15, 0.2) is 0 Å². The van der Waals surface area contributed by atoms with Crippen LogP contribution in [0.25, 0.3) is 0 Å². The number of carbonyl (C=O) groups is 2. The Hall–Kier alpha value is -2.86. The zero-order valence-corrected chi connectivity index (χ0v) is 15.9. The predicted molar refractivity (Wildman–Crippen MR) is 109 cm³/mol. The SMILES string of the molecule is NC(=O)c1cccc(NC(=O)N2CCN([C@@H]3CCc4ccccc4C3)CC2)c1. The number of hydrogen-bond donors (Lipinski definition) is 2. The van der Waals surface area contributed by atoms with Crippen LogP contribution in [0.4, 0.5) is 10.5 Å². The highest BCUT2D eigenvalue weighted by molar-refractivity contribution is 5.95. The number of piperazine rings is 1. The lowest BCUT2D eigenvalue weighted by atomic mass is 9.87. The molecule has 3 N–H and O–H groups in total. The highest BCUT2D eigenvalue weighted by Gasteiger charge is 2.28. The van der Waals surface area contributed by atoms with Crippen LogP contribution in [0.5, 0.6) is 0 Å². The lowest BCUT2D eigenvalue weighted by Crippen LogP contribution is -2.53. The molecule has 1 aliphatic carbocycles. The summed E-state index contributed by atoms with van der Waals surface area (Å²) in [6.07, 6.45) is 3.42. The number of nitrogens with one attached hydrogen (secondary N) is 1. The molecule has 1 aliphatic heterocycles. The van der Waals surface area contributed by atoms with Gasteiger partial charge in [0.2, 0.25) is 5.91 Å². The fraction of sp³-hybridized carbons (Fsp3) is 0.364. The summed E-state index contributed by atoms with van der Waals surface area (Å²) in [5.41, 5.74) is 9.23. The summed E-state index contributed by atoms with van der Waals surface area (Å²) in [6, 6.07) is 15.9. The molecule has 3 amide bonds. The molecular formula is C22H26N4O2. The van der Waals surface area contributed by atoms with E-state index in [0.717, 1.165) is 25.9 Å². The third kappa shape index (κ3) is 4.02. The van der Waals surface area contributed by atoms with Crippen molar-refractivity contribution in [2.24, 2.45) is 5.73 Å². The summed E-state index contributed by atoms with van der Waals surface area (Å²) in [5.74, 6) is -0.501. The van der Waals surface area contributed by atoms with E-state index in [0.29, 0.717) is 30.4 Å². The van der Waals surface area contributed by atoms with Crippen LogP contribution in [0.2, 0.25) is 0 Å². The first-order valence-electron chi connectivity index (χ1n) is 9.87. The zero-order chi connectivity index (χ0) is 19.5. The van der Waals surface area contributed by atoms with E-state index in [9.17, 15) is 9.59 Å². The molecule has 1 atom stereocenters. The van der Waals surface area contributed by atoms with Crippen LogP contribution in [-0.4, -0.2) is 54.0 Å². The molecular weight excluding hydrogens is 352 g/mol. The minimum atomic E-state index is -0.501. The van der Waals surface area contributed by atoms with E-state index in [1.54, 1.807) is 24.3 Å². The topological polar surface area (TPSA) is 78.7 Å². The molecule has 0 radical (unpaired) electrons. The number of urea groups is 1. The molecule has 4 rings (SSSR count). The highest BCUT2D eigenvalue weighted by Crippen LogP contribution is 2.25. The number of carbonyl (C=O) groups excluding carboxylic acids is 2. The second-order valence-corrected chi connectivity index (χ2v) is 7.56. The van der Waals surface area contributed by atoms with Crippen molar-refractivity contribution in [3.63, 3.8) is 0 Å². The van der Waals surface area contributed by atoms with Gasteiger partial charge in [-0.05, 0) is 48.6 Å². The Bertz CT molecular complexity index is 874. The monoisotopic (exact) mass is 378 g/mol. The molecule has 2 aromatic rings. The van der Waals surface area contributed by atoms with Gasteiger partial charge in [-0.25, -0.2) is 4.79 Å². The summed E-state index contributed by atoms with van der Waals surface area (Å²) in [4.78, 5) is 28.2. The van der Waals surface area contributed by atoms with Gasteiger partial charge in [-0.3, -0.25) is 9.69 Å². The minimum Gasteiger partial charge on any atom is -0.366 e. The van der Waals surface area contributed by atoms with Crippen LogP contribution < -0.4 is 11.1 Å². The lowest BCUT2D eigenvalue weighted by Gasteiger charge is -2.41. The quantitative estimate of drug-likeness (QED) is 0.861. The molecule has 0 saturated carbocycles. The number of benzene rings is 2. The minimum absolute atomic E-state index is 0.129. The van der Waals surface area contributed by atoms with Crippen LogP contribution in [0.3, 0.4) is 0 Å². The number of fused-ring (bicyclic) bond motifs is 1. The molecule has 28 heavy (non-hydrogen) atoms. The molecule has 1 saturated heterocycles. The molecule has 1 heterocycles. The largest absolute Gasteiger partial charge is 0.366 e. The van der Waals surface area contributed by atoms with Gasteiger partial charge in [0.1, 0.15) is 0 Å². The molecule has 0 unspecified atom stereocenters. The first-order valence-corrected chi connectivity index (χ1v) is 9.87. The number of rotatable bonds is 3.